The van der Waals surface area contributed by atoms with E-state index in [2.05, 4.69) is 77.0 Å². The normalized spacial score (nSPS) is 11.3. The van der Waals surface area contributed by atoms with Crippen molar-refractivity contribution in [2.24, 2.45) is 5.10 Å². The van der Waals surface area contributed by atoms with E-state index in [1.54, 1.807) is 0 Å². The SMILES string of the molecule is Cc1cc(C)nc(N/N=C\c2cc(C)n(-c3ccc(C)c(C)c3)c2C)n1. The number of benzene rings is 1. The van der Waals surface area contributed by atoms with Crippen LogP contribution in [0.4, 0.5) is 5.95 Å². The second-order valence-corrected chi connectivity index (χ2v) is 6.77. The molecule has 0 amide bonds. The van der Waals surface area contributed by atoms with Crippen molar-refractivity contribution in [1.29, 1.82) is 0 Å². The third-order valence-corrected chi connectivity index (χ3v) is 4.57. The molecule has 0 radical (unpaired) electrons. The van der Waals surface area contributed by atoms with E-state index in [4.69, 9.17) is 0 Å². The highest BCUT2D eigenvalue weighted by Crippen LogP contribution is 2.21. The Bertz CT molecular complexity index is 962. The van der Waals surface area contributed by atoms with E-state index in [0.717, 1.165) is 22.6 Å². The fourth-order valence-corrected chi connectivity index (χ4v) is 3.12. The van der Waals surface area contributed by atoms with Crippen molar-refractivity contribution < 1.29 is 0 Å². The first-order chi connectivity index (χ1) is 12.3. The van der Waals surface area contributed by atoms with Gasteiger partial charge in [-0.15, -0.1) is 0 Å². The van der Waals surface area contributed by atoms with Gasteiger partial charge in [0.2, 0.25) is 5.95 Å². The van der Waals surface area contributed by atoms with Gasteiger partial charge in [0.15, 0.2) is 0 Å². The molecular weight excluding hydrogens is 322 g/mol. The summed E-state index contributed by atoms with van der Waals surface area (Å²) in [5, 5.41) is 4.32. The van der Waals surface area contributed by atoms with E-state index in [1.807, 2.05) is 26.1 Å². The van der Waals surface area contributed by atoms with Gasteiger partial charge in [-0.3, -0.25) is 0 Å². The molecule has 134 valence electrons. The van der Waals surface area contributed by atoms with Gasteiger partial charge in [-0.2, -0.15) is 5.10 Å². The summed E-state index contributed by atoms with van der Waals surface area (Å²) in [6.45, 7) is 12.4. The molecule has 0 saturated carbocycles. The number of hydrogen-bond acceptors (Lipinski definition) is 4. The Kier molecular flexibility index (Phi) is 4.89. The number of anilines is 1. The molecule has 5 nitrogen and oxygen atoms in total. The van der Waals surface area contributed by atoms with Crippen molar-refractivity contribution in [2.75, 3.05) is 5.43 Å². The van der Waals surface area contributed by atoms with Crippen LogP contribution in [0.25, 0.3) is 5.69 Å². The molecule has 0 saturated heterocycles. The first-order valence-electron chi connectivity index (χ1n) is 8.73. The molecular formula is C21H25N5. The van der Waals surface area contributed by atoms with Crippen LogP contribution in [-0.2, 0) is 0 Å². The van der Waals surface area contributed by atoms with Crippen molar-refractivity contribution in [3.05, 3.63) is 69.8 Å². The standard InChI is InChI=1S/C21H25N5/c1-13-7-8-20(9-14(13)2)26-17(5)11-19(18(26)6)12-22-25-21-23-15(3)10-16(4)24-21/h7-12H,1-6H3,(H,23,24,25)/b22-12-. The molecule has 1 N–H and O–H groups in total. The molecule has 2 aromatic heterocycles. The zero-order chi connectivity index (χ0) is 18.8. The molecule has 2 heterocycles. The average molecular weight is 347 g/mol. The van der Waals surface area contributed by atoms with Crippen LogP contribution in [0.3, 0.4) is 0 Å². The van der Waals surface area contributed by atoms with Gasteiger partial charge in [-0.1, -0.05) is 6.07 Å². The zero-order valence-electron chi connectivity index (χ0n) is 16.3. The zero-order valence-corrected chi connectivity index (χ0v) is 16.3. The molecule has 3 aromatic rings. The van der Waals surface area contributed by atoms with Crippen molar-refractivity contribution in [3.8, 4) is 5.69 Å². The second kappa shape index (κ2) is 7.12. The molecule has 0 bridgehead atoms. The van der Waals surface area contributed by atoms with Crippen molar-refractivity contribution in [2.45, 2.75) is 41.5 Å². The quantitative estimate of drug-likeness (QED) is 0.556. The van der Waals surface area contributed by atoms with Crippen LogP contribution < -0.4 is 5.43 Å². The summed E-state index contributed by atoms with van der Waals surface area (Å²) < 4.78 is 2.25. The lowest BCUT2D eigenvalue weighted by molar-refractivity contribution is 0.961. The largest absolute Gasteiger partial charge is 0.318 e. The summed E-state index contributed by atoms with van der Waals surface area (Å²) in [5.74, 6) is 0.515. The minimum Gasteiger partial charge on any atom is -0.318 e. The molecule has 0 spiro atoms. The van der Waals surface area contributed by atoms with Crippen LogP contribution >= 0.6 is 0 Å². The summed E-state index contributed by atoms with van der Waals surface area (Å²) >= 11 is 0. The predicted molar refractivity (Wildman–Crippen MR) is 107 cm³/mol. The van der Waals surface area contributed by atoms with Crippen LogP contribution in [-0.4, -0.2) is 20.7 Å². The number of rotatable bonds is 4. The van der Waals surface area contributed by atoms with Crippen molar-refractivity contribution in [1.82, 2.24) is 14.5 Å². The first kappa shape index (κ1) is 17.9. The number of nitrogens with one attached hydrogen (secondary N) is 1. The highest BCUT2D eigenvalue weighted by atomic mass is 15.3. The molecule has 0 unspecified atom stereocenters. The molecule has 0 aliphatic heterocycles. The summed E-state index contributed by atoms with van der Waals surface area (Å²) in [4.78, 5) is 8.67. The van der Waals surface area contributed by atoms with E-state index in [0.29, 0.717) is 5.95 Å². The Morgan fingerprint density at radius 3 is 2.23 bits per heavy atom. The van der Waals surface area contributed by atoms with Gasteiger partial charge in [-0.25, -0.2) is 15.4 Å². The molecule has 5 heteroatoms. The third kappa shape index (κ3) is 3.67. The van der Waals surface area contributed by atoms with Crippen molar-refractivity contribution >= 4 is 12.2 Å². The Balaban J connectivity index is 1.86. The van der Waals surface area contributed by atoms with Crippen LogP contribution in [0.15, 0.2) is 35.4 Å². The fourth-order valence-electron chi connectivity index (χ4n) is 3.12. The lowest BCUT2D eigenvalue weighted by Crippen LogP contribution is -2.01. The van der Waals surface area contributed by atoms with E-state index in [-0.39, 0.29) is 0 Å². The predicted octanol–water partition coefficient (Wildman–Crippen LogP) is 4.56. The number of nitrogens with zero attached hydrogens (tertiary/aromatic N) is 4. The molecule has 26 heavy (non-hydrogen) atoms. The number of aromatic nitrogens is 3. The Labute approximate surface area is 154 Å². The van der Waals surface area contributed by atoms with Crippen molar-refractivity contribution in [3.63, 3.8) is 0 Å². The van der Waals surface area contributed by atoms with Gasteiger partial charge in [0, 0.05) is 34.0 Å². The smallest absolute Gasteiger partial charge is 0.243 e. The molecule has 0 aliphatic carbocycles. The van der Waals surface area contributed by atoms with Gasteiger partial charge < -0.3 is 4.57 Å². The lowest BCUT2D eigenvalue weighted by atomic mass is 10.1. The maximum atomic E-state index is 4.33. The van der Waals surface area contributed by atoms with Gasteiger partial charge >= 0.3 is 0 Å². The maximum Gasteiger partial charge on any atom is 0.243 e. The van der Waals surface area contributed by atoms with Gasteiger partial charge in [0.25, 0.3) is 0 Å². The molecule has 0 atom stereocenters. The van der Waals surface area contributed by atoms with Crippen LogP contribution in [0, 0.1) is 41.5 Å². The molecule has 0 aliphatic rings. The van der Waals surface area contributed by atoms with Gasteiger partial charge in [0.05, 0.1) is 6.21 Å². The van der Waals surface area contributed by atoms with Crippen LogP contribution in [0.1, 0.15) is 39.5 Å². The topological polar surface area (TPSA) is 55.1 Å². The Hall–Kier alpha value is -2.95. The maximum absolute atomic E-state index is 4.33. The number of hydrogen-bond donors (Lipinski definition) is 1. The minimum atomic E-state index is 0.515. The van der Waals surface area contributed by atoms with Crippen LogP contribution in [0.5, 0.6) is 0 Å². The summed E-state index contributed by atoms with van der Waals surface area (Å²) in [7, 11) is 0. The van der Waals surface area contributed by atoms with E-state index >= 15 is 0 Å². The first-order valence-corrected chi connectivity index (χ1v) is 8.73. The summed E-state index contributed by atoms with van der Waals surface area (Å²) in [6.07, 6.45) is 1.82. The lowest BCUT2D eigenvalue weighted by Gasteiger charge is -2.11. The van der Waals surface area contributed by atoms with Gasteiger partial charge in [0.1, 0.15) is 0 Å². The molecule has 0 fully saturated rings. The summed E-state index contributed by atoms with van der Waals surface area (Å²) in [6, 6.07) is 10.6. The highest BCUT2D eigenvalue weighted by Gasteiger charge is 2.10. The number of hydrazone groups is 1. The Morgan fingerprint density at radius 2 is 1.58 bits per heavy atom. The third-order valence-electron chi connectivity index (χ3n) is 4.57. The van der Waals surface area contributed by atoms with E-state index in [1.165, 1.54) is 22.5 Å². The number of aryl methyl sites for hydroxylation is 5. The Morgan fingerprint density at radius 1 is 0.885 bits per heavy atom. The second-order valence-electron chi connectivity index (χ2n) is 6.77. The average Bonchev–Trinajstić information content (AvgIpc) is 2.83. The summed E-state index contributed by atoms with van der Waals surface area (Å²) in [5.41, 5.74) is 11.9. The monoisotopic (exact) mass is 347 g/mol. The van der Waals surface area contributed by atoms with E-state index < -0.39 is 0 Å². The van der Waals surface area contributed by atoms with Crippen LogP contribution in [0.2, 0.25) is 0 Å². The van der Waals surface area contributed by atoms with E-state index in [9.17, 15) is 0 Å². The van der Waals surface area contributed by atoms with Gasteiger partial charge in [-0.05, 0) is 76.9 Å². The fraction of sp³-hybridized carbons (Fsp3) is 0.286. The highest BCUT2D eigenvalue weighted by molar-refractivity contribution is 5.82. The molecule has 1 aromatic carbocycles. The molecule has 3 rings (SSSR count). The minimum absolute atomic E-state index is 0.515.